The quantitative estimate of drug-likeness (QED) is 0.0210. The Balaban J connectivity index is 0.000000133. The van der Waals surface area contributed by atoms with Crippen molar-refractivity contribution in [1.82, 2.24) is 38.5 Å². The van der Waals surface area contributed by atoms with Gasteiger partial charge in [-0.3, -0.25) is 48.6 Å². The fourth-order valence-corrected chi connectivity index (χ4v) is 16.4. The van der Waals surface area contributed by atoms with Crippen molar-refractivity contribution in [3.63, 3.8) is 0 Å². The third-order valence-electron chi connectivity index (χ3n) is 23.6. The molecule has 0 atom stereocenters. The number of aliphatic hydroxyl groups excluding tert-OH is 2. The van der Waals surface area contributed by atoms with Gasteiger partial charge in [0, 0.05) is 67.6 Å². The second-order valence-corrected chi connectivity index (χ2v) is 34.3. The lowest BCUT2D eigenvalue weighted by molar-refractivity contribution is -0.117. The number of phenolic OH excluding ortho intramolecular Hbond substituents is 3. The molecule has 0 saturated heterocycles. The third-order valence-corrected chi connectivity index (χ3v) is 23.8. The number of aryl methyl sites for hydroxylation is 9. The number of nitrogens with zero attached hydrogens (tertiary/aromatic N) is 14. The maximum Gasteiger partial charge on any atom is 0.299 e. The average molecular weight is 1900 g/mol. The fraction of sp³-hybridized carbons (Fsp3) is 0.162. The van der Waals surface area contributed by atoms with Crippen LogP contribution in [0.4, 0.5) is 45.5 Å². The lowest BCUT2D eigenvalue weighted by Crippen LogP contribution is -2.14. The monoisotopic (exact) mass is 1900 g/mol. The molecule has 5 heterocycles. The standard InChI is InChI=1S/C24H23N3O3.C23H22N4O2.C22H20N4O2.C21H21ClN2O3.C21H18N4O2/c1-14-7-8-19-21(12-14)27(18-10-15(2)9-16(3)11-18)24(30)22(19)26-25-20-6-4-5-17(13-28)23(20)29;1-3-6-16-9-12-18(13-10-16)27-23(29)21(15(2)26-27)25-24-20-14-11-17-7-4-5-8-19(17)22(20)28;1-3-15-8-11-17(12-9-15)26-22(28)20(14(2)25-26)24-23-19-13-10-16-6-4-5-7-18(16)21(19)27;1-14(23-13-17(26)8-5-11-25)20-18-12-15(22)9-10-19(18)24(21(20)27)16-6-3-2-4-7-16;1-13-7-10-16(11-8-13)25-21(27)19(14(2)24-25)23-22-18-12-9-15-5-3-4-6-17(15)20(18)26/h4-12,28-30H,13H2,1-3H3;4-5,7-14,26,28H,3,6H2,1-2H3;4-13,25,27H,3H2,1-2H3;2-4,6-7,9-10,12,25,27H,5,8,11,13H2,1H3;3-12,24,26H,1-2H3. The van der Waals surface area contributed by atoms with E-state index < -0.39 is 0 Å². The maximum absolute atomic E-state index is 12.8. The van der Waals surface area contributed by atoms with E-state index in [1.165, 1.54) is 25.2 Å². The summed E-state index contributed by atoms with van der Waals surface area (Å²) in [5.41, 5.74) is 16.9. The predicted molar refractivity (Wildman–Crippen MR) is 557 cm³/mol. The van der Waals surface area contributed by atoms with E-state index in [9.17, 15) is 54.9 Å². The van der Waals surface area contributed by atoms with E-state index in [0.717, 1.165) is 108 Å². The van der Waals surface area contributed by atoms with Crippen LogP contribution in [0.5, 0.6) is 34.8 Å². The summed E-state index contributed by atoms with van der Waals surface area (Å²) >= 11 is 6.18. The zero-order chi connectivity index (χ0) is 99.8. The van der Waals surface area contributed by atoms with E-state index in [0.29, 0.717) is 84.3 Å². The molecule has 0 radical (unpaired) electrons. The van der Waals surface area contributed by atoms with Gasteiger partial charge in [-0.05, 0) is 228 Å². The van der Waals surface area contributed by atoms with Crippen LogP contribution in [0, 0.1) is 48.5 Å². The molecule has 0 spiro atoms. The Bertz CT molecular complexity index is 8180. The van der Waals surface area contributed by atoms with Crippen molar-refractivity contribution in [1.29, 1.82) is 0 Å². The molecule has 712 valence electrons. The number of hydrogen-bond acceptors (Lipinski definition) is 21. The number of ketones is 1. The number of nitrogens with one attached hydrogen (secondary N) is 3. The minimum absolute atomic E-state index is 0.0156. The number of benzene rings is 14. The predicted octanol–water partition coefficient (Wildman–Crippen LogP) is 26.1. The number of aliphatic imine (C=N–C) groups is 1. The molecular formula is C111H104ClN17O12. The Morgan fingerprint density at radius 2 is 0.809 bits per heavy atom. The Kier molecular flexibility index (Phi) is 30.8. The first-order valence-electron chi connectivity index (χ1n) is 45.7. The number of Topliss-reactive ketones (excluding diaryl/α,β-unsaturated/α-hetero) is 1. The van der Waals surface area contributed by atoms with E-state index in [1.54, 1.807) is 85.4 Å². The molecule has 19 rings (SSSR count). The first-order chi connectivity index (χ1) is 68.1. The maximum atomic E-state index is 12.8. The summed E-state index contributed by atoms with van der Waals surface area (Å²) in [7, 11) is 0. The van der Waals surface area contributed by atoms with Gasteiger partial charge in [0.1, 0.15) is 28.5 Å². The zero-order valence-corrected chi connectivity index (χ0v) is 79.9. The molecule has 11 N–H and O–H groups in total. The van der Waals surface area contributed by atoms with Gasteiger partial charge in [-0.15, -0.1) is 40.9 Å². The molecule has 0 unspecified atom stereocenters. The van der Waals surface area contributed by atoms with Crippen molar-refractivity contribution in [2.24, 2.45) is 45.9 Å². The molecule has 0 amide bonds. The van der Waals surface area contributed by atoms with Crippen molar-refractivity contribution < 1.29 is 45.6 Å². The zero-order valence-electron chi connectivity index (χ0n) is 79.1. The number of phenols is 4. The molecule has 141 heavy (non-hydrogen) atoms. The highest BCUT2D eigenvalue weighted by molar-refractivity contribution is 6.31. The van der Waals surface area contributed by atoms with Gasteiger partial charge in [0.2, 0.25) is 11.8 Å². The first-order valence-corrected chi connectivity index (χ1v) is 46.1. The van der Waals surface area contributed by atoms with Crippen LogP contribution in [0.3, 0.4) is 0 Å². The van der Waals surface area contributed by atoms with Gasteiger partial charge < -0.3 is 40.9 Å². The molecule has 5 aromatic heterocycles. The summed E-state index contributed by atoms with van der Waals surface area (Å²) in [5, 5.41) is 131. The van der Waals surface area contributed by atoms with Gasteiger partial charge in [-0.1, -0.05) is 213 Å². The number of carbonyl (C=O) groups excluding carboxylic acids is 1. The van der Waals surface area contributed by atoms with Crippen LogP contribution < -0.4 is 16.7 Å². The van der Waals surface area contributed by atoms with Gasteiger partial charge in [0.05, 0.1) is 63.9 Å². The highest BCUT2D eigenvalue weighted by Gasteiger charge is 2.25. The number of para-hydroxylation sites is 2. The highest BCUT2D eigenvalue weighted by Crippen LogP contribution is 2.45. The number of carbonyl (C=O) groups is 1. The fourth-order valence-electron chi connectivity index (χ4n) is 16.3. The minimum Gasteiger partial charge on any atom is -0.505 e. The number of aliphatic hydroxyl groups is 2. The molecule has 19 aromatic rings. The number of H-pyrrole nitrogens is 3. The summed E-state index contributed by atoms with van der Waals surface area (Å²) in [5.74, 6) is -0.00387. The number of aromatic nitrogens is 8. The smallest absolute Gasteiger partial charge is 0.299 e. The third kappa shape index (κ3) is 22.1. The van der Waals surface area contributed by atoms with Crippen LogP contribution in [-0.4, -0.2) is 104 Å². The van der Waals surface area contributed by atoms with Crippen molar-refractivity contribution in [2.75, 3.05) is 13.2 Å². The van der Waals surface area contributed by atoms with Crippen LogP contribution in [0.2, 0.25) is 5.02 Å². The first kappa shape index (κ1) is 98.2. The highest BCUT2D eigenvalue weighted by atomic mass is 35.5. The number of aromatic amines is 3. The van der Waals surface area contributed by atoms with Crippen LogP contribution in [-0.2, 0) is 24.2 Å². The Labute approximate surface area is 815 Å². The van der Waals surface area contributed by atoms with Crippen molar-refractivity contribution in [3.8, 4) is 63.2 Å². The number of rotatable bonds is 23. The average Bonchev–Trinajstić information content (AvgIpc) is 1.62. The van der Waals surface area contributed by atoms with Gasteiger partial charge in [-0.2, -0.15) is 0 Å². The molecule has 0 aliphatic carbocycles. The summed E-state index contributed by atoms with van der Waals surface area (Å²) in [6.07, 6.45) is 3.74. The van der Waals surface area contributed by atoms with Crippen LogP contribution >= 0.6 is 11.6 Å². The molecular weight excluding hydrogens is 1800 g/mol. The van der Waals surface area contributed by atoms with Crippen molar-refractivity contribution in [3.05, 3.63) is 383 Å². The lowest BCUT2D eigenvalue weighted by Gasteiger charge is -2.10. The number of hydrogen-bond donors (Lipinski definition) is 11. The van der Waals surface area contributed by atoms with E-state index in [1.807, 2.05) is 258 Å². The number of halogens is 1. The Morgan fingerprint density at radius 1 is 0.369 bits per heavy atom. The molecule has 0 aliphatic heterocycles. The molecule has 29 nitrogen and oxygen atoms in total. The van der Waals surface area contributed by atoms with E-state index in [-0.39, 0.29) is 106 Å². The van der Waals surface area contributed by atoms with E-state index in [2.05, 4.69) is 81.1 Å². The van der Waals surface area contributed by atoms with Gasteiger partial charge >= 0.3 is 0 Å². The van der Waals surface area contributed by atoms with Gasteiger partial charge in [-0.25, -0.2) is 14.0 Å². The molecule has 0 aliphatic rings. The lowest BCUT2D eigenvalue weighted by atomic mass is 10.1. The molecule has 0 bridgehead atoms. The molecule has 30 heteroatoms. The normalized spacial score (nSPS) is 11.6. The SMILES string of the molecule is CC(=NCC(=O)CCCO)c1c(O)n(-c2ccccc2)c2ccc(Cl)cc12.CCCc1ccc(-n2[nH]c(C)c(N=Nc3ccc4ccccc4c3O)c2=O)cc1.CCc1ccc(-n2[nH]c(C)c(N=Nc3ccc4ccccc4c3O)c2=O)cc1.Cc1cc(C)cc(-n2c(O)c(N=Nc3cccc(CO)c3O)c3ccc(C)cc32)c1.Cc1ccc(-n2[nH]c(C)c(N=Nc3ccc4ccccc4c3O)c2=O)cc1. The second kappa shape index (κ2) is 44.2. The second-order valence-electron chi connectivity index (χ2n) is 33.8. The molecule has 0 fully saturated rings. The number of fused-ring (bicyclic) bond motifs is 5. The minimum atomic E-state index is -0.300. The van der Waals surface area contributed by atoms with Crippen LogP contribution in [0.15, 0.2) is 345 Å². The van der Waals surface area contributed by atoms with Crippen LogP contribution in [0.25, 0.3) is 82.6 Å². The van der Waals surface area contributed by atoms with Crippen molar-refractivity contribution in [2.45, 2.75) is 108 Å². The summed E-state index contributed by atoms with van der Waals surface area (Å²) < 4.78 is 7.85. The number of azo groups is 4. The van der Waals surface area contributed by atoms with Gasteiger partial charge in [0.15, 0.2) is 45.8 Å². The van der Waals surface area contributed by atoms with Crippen LogP contribution in [0.1, 0.15) is 102 Å². The van der Waals surface area contributed by atoms with E-state index >= 15 is 0 Å². The molecule has 0 saturated carbocycles. The molecule has 14 aromatic carbocycles. The largest absolute Gasteiger partial charge is 0.505 e. The summed E-state index contributed by atoms with van der Waals surface area (Å²) in [6.45, 7) is 19.0. The summed E-state index contributed by atoms with van der Waals surface area (Å²) in [6, 6.07) is 88.1. The Hall–Kier alpha value is -17.3. The van der Waals surface area contributed by atoms with E-state index in [4.69, 9.17) is 16.7 Å². The Morgan fingerprint density at radius 3 is 1.28 bits per heavy atom. The van der Waals surface area contributed by atoms with Gasteiger partial charge in [0.25, 0.3) is 16.7 Å². The summed E-state index contributed by atoms with van der Waals surface area (Å²) in [4.78, 5) is 54.5. The number of aromatic hydroxyl groups is 6. The topological polar surface area (TPSA) is 413 Å². The van der Waals surface area contributed by atoms with Crippen molar-refractivity contribution >= 4 is 123 Å².